The maximum Gasteiger partial charge on any atom is 0.319 e. The van der Waals surface area contributed by atoms with Crippen LogP contribution in [0.2, 0.25) is 5.04 Å². The number of H-pyrrole nitrogens is 1. The second kappa shape index (κ2) is 7.37. The van der Waals surface area contributed by atoms with Crippen LogP contribution in [0.1, 0.15) is 20.8 Å². The molecule has 0 spiro atoms. The number of rotatable bonds is 4. The number of aromatic amines is 1. The van der Waals surface area contributed by atoms with Gasteiger partial charge in [0.1, 0.15) is 9.45 Å². The molecule has 0 aliphatic heterocycles. The second-order valence-electron chi connectivity index (χ2n) is 7.99. The maximum absolute atomic E-state index is 7.04. The molecular weight excluding hydrogens is 475 g/mol. The first-order chi connectivity index (χ1) is 13.4. The van der Waals surface area contributed by atoms with Gasteiger partial charge in [0.2, 0.25) is 0 Å². The van der Waals surface area contributed by atoms with Crippen LogP contribution in [0, 0.1) is 3.70 Å². The van der Waals surface area contributed by atoms with Crippen molar-refractivity contribution < 1.29 is 4.43 Å². The third-order valence-electron chi connectivity index (χ3n) is 5.18. The van der Waals surface area contributed by atoms with E-state index in [-0.39, 0.29) is 5.04 Å². The molecule has 4 aromatic rings. The monoisotopic (exact) mass is 498 g/mol. The van der Waals surface area contributed by atoms with Gasteiger partial charge in [-0.3, -0.25) is 5.10 Å². The smallest absolute Gasteiger partial charge is 0.319 e. The van der Waals surface area contributed by atoms with Crippen molar-refractivity contribution in [1.29, 1.82) is 0 Å². The lowest BCUT2D eigenvalue weighted by Crippen LogP contribution is -2.68. The van der Waals surface area contributed by atoms with E-state index in [1.807, 2.05) is 0 Å². The van der Waals surface area contributed by atoms with Crippen LogP contribution < -0.4 is 14.8 Å². The zero-order valence-corrected chi connectivity index (χ0v) is 19.4. The topological polar surface area (TPSA) is 37.9 Å². The molecule has 1 N–H and O–H groups in total. The van der Waals surface area contributed by atoms with E-state index in [2.05, 4.69) is 132 Å². The molecular formula is C23H23IN2OSi. The highest BCUT2D eigenvalue weighted by Gasteiger charge is 2.52. The highest BCUT2D eigenvalue weighted by Crippen LogP contribution is 2.38. The van der Waals surface area contributed by atoms with Gasteiger partial charge in [0.25, 0.3) is 0 Å². The fourth-order valence-corrected chi connectivity index (χ4v) is 8.86. The van der Waals surface area contributed by atoms with Crippen LogP contribution in [0.15, 0.2) is 78.9 Å². The number of fused-ring (bicyclic) bond motifs is 1. The molecule has 3 aromatic carbocycles. The van der Waals surface area contributed by atoms with E-state index in [1.165, 1.54) is 10.4 Å². The van der Waals surface area contributed by atoms with E-state index >= 15 is 0 Å². The van der Waals surface area contributed by atoms with Crippen LogP contribution in [-0.2, 0) is 0 Å². The fourth-order valence-electron chi connectivity index (χ4n) is 3.85. The van der Waals surface area contributed by atoms with Gasteiger partial charge in [-0.05, 0) is 50.1 Å². The Kier molecular flexibility index (Phi) is 5.05. The molecule has 0 atom stereocenters. The van der Waals surface area contributed by atoms with Gasteiger partial charge in [-0.2, -0.15) is 5.10 Å². The van der Waals surface area contributed by atoms with Crippen LogP contribution in [0.3, 0.4) is 0 Å². The minimum atomic E-state index is -2.61. The van der Waals surface area contributed by atoms with Gasteiger partial charge >= 0.3 is 8.32 Å². The predicted octanol–water partition coefficient (Wildman–Crippen LogP) is 5.11. The van der Waals surface area contributed by atoms with Crippen molar-refractivity contribution in [3.8, 4) is 5.75 Å². The summed E-state index contributed by atoms with van der Waals surface area (Å²) in [5.74, 6) is 0.877. The molecule has 3 nitrogen and oxygen atoms in total. The lowest BCUT2D eigenvalue weighted by molar-refractivity contribution is 0.509. The summed E-state index contributed by atoms with van der Waals surface area (Å²) in [7, 11) is -2.61. The minimum absolute atomic E-state index is 0.0624. The molecule has 5 heteroatoms. The molecule has 0 saturated heterocycles. The highest BCUT2D eigenvalue weighted by molar-refractivity contribution is 14.1. The average molecular weight is 498 g/mol. The summed E-state index contributed by atoms with van der Waals surface area (Å²) in [6.07, 6.45) is 0. The van der Waals surface area contributed by atoms with Gasteiger partial charge in [0.05, 0.1) is 5.52 Å². The third kappa shape index (κ3) is 3.26. The number of hydrogen-bond donors (Lipinski definition) is 1. The summed E-state index contributed by atoms with van der Waals surface area (Å²) in [5, 5.41) is 11.0. The van der Waals surface area contributed by atoms with Crippen molar-refractivity contribution in [2.45, 2.75) is 25.8 Å². The van der Waals surface area contributed by atoms with Gasteiger partial charge in [-0.25, -0.2) is 0 Å². The van der Waals surface area contributed by atoms with Crippen molar-refractivity contribution in [2.24, 2.45) is 0 Å². The van der Waals surface area contributed by atoms with E-state index in [4.69, 9.17) is 4.43 Å². The van der Waals surface area contributed by atoms with Crippen molar-refractivity contribution >= 4 is 52.2 Å². The maximum atomic E-state index is 7.04. The Hall–Kier alpha value is -2.12. The molecule has 0 aliphatic rings. The van der Waals surface area contributed by atoms with E-state index < -0.39 is 8.32 Å². The Balaban J connectivity index is 1.93. The van der Waals surface area contributed by atoms with Crippen LogP contribution in [0.5, 0.6) is 5.75 Å². The summed E-state index contributed by atoms with van der Waals surface area (Å²) < 4.78 is 8.02. The molecule has 4 rings (SSSR count). The lowest BCUT2D eigenvalue weighted by atomic mass is 10.2. The minimum Gasteiger partial charge on any atom is -0.534 e. The first-order valence-electron chi connectivity index (χ1n) is 9.35. The number of nitrogens with zero attached hydrogens (tertiary/aromatic N) is 1. The van der Waals surface area contributed by atoms with Crippen molar-refractivity contribution in [3.63, 3.8) is 0 Å². The third-order valence-corrected chi connectivity index (χ3v) is 10.9. The number of benzene rings is 3. The lowest BCUT2D eigenvalue weighted by Gasteiger charge is -2.43. The molecule has 0 fully saturated rings. The van der Waals surface area contributed by atoms with Gasteiger partial charge < -0.3 is 4.43 Å². The molecule has 28 heavy (non-hydrogen) atoms. The van der Waals surface area contributed by atoms with Crippen LogP contribution in [0.4, 0.5) is 0 Å². The average Bonchev–Trinajstić information content (AvgIpc) is 3.07. The van der Waals surface area contributed by atoms with E-state index in [1.54, 1.807) is 0 Å². The Morgan fingerprint density at radius 2 is 1.43 bits per heavy atom. The molecule has 0 unspecified atom stereocenters. The van der Waals surface area contributed by atoms with Gasteiger partial charge in [-0.15, -0.1) is 0 Å². The fraction of sp³-hybridized carbons (Fsp3) is 0.174. The number of hydrogen-bond acceptors (Lipinski definition) is 2. The number of aromatic nitrogens is 2. The SMILES string of the molecule is CC(C)(C)[Si](Oc1ccc2c(I)n[nH]c2c1)(c1ccccc1)c1ccccc1. The normalized spacial score (nSPS) is 12.3. The first kappa shape index (κ1) is 19.2. The van der Waals surface area contributed by atoms with Crippen molar-refractivity contribution in [3.05, 3.63) is 82.6 Å². The quantitative estimate of drug-likeness (QED) is 0.314. The molecule has 0 bridgehead atoms. The summed E-state index contributed by atoms with van der Waals surface area (Å²) in [6.45, 7) is 6.87. The highest BCUT2D eigenvalue weighted by atomic mass is 127. The molecule has 1 aromatic heterocycles. The summed E-state index contributed by atoms with van der Waals surface area (Å²) in [6, 6.07) is 27.6. The Bertz CT molecular complexity index is 1050. The van der Waals surface area contributed by atoms with Crippen molar-refractivity contribution in [1.82, 2.24) is 10.2 Å². The Labute approximate surface area is 180 Å². The zero-order chi connectivity index (χ0) is 19.8. The molecule has 0 aliphatic carbocycles. The second-order valence-corrected chi connectivity index (χ2v) is 13.2. The first-order valence-corrected chi connectivity index (χ1v) is 12.3. The standard InChI is InChI=1S/C23H23IN2OSi/c1-23(2,3)28(18-10-6-4-7-11-18,19-12-8-5-9-13-19)27-17-14-15-20-21(16-17)25-26-22(20)24/h4-16H,1-3H3,(H,25,26). The summed E-state index contributed by atoms with van der Waals surface area (Å²) in [4.78, 5) is 0. The Morgan fingerprint density at radius 1 is 0.857 bits per heavy atom. The van der Waals surface area contributed by atoms with Gasteiger partial charge in [-0.1, -0.05) is 81.4 Å². The van der Waals surface area contributed by atoms with Gasteiger partial charge in [0.15, 0.2) is 0 Å². The van der Waals surface area contributed by atoms with Crippen molar-refractivity contribution in [2.75, 3.05) is 0 Å². The van der Waals surface area contributed by atoms with E-state index in [0.29, 0.717) is 0 Å². The summed E-state index contributed by atoms with van der Waals surface area (Å²) in [5.41, 5.74) is 1.000. The van der Waals surface area contributed by atoms with Crippen LogP contribution >= 0.6 is 22.6 Å². The largest absolute Gasteiger partial charge is 0.534 e. The van der Waals surface area contributed by atoms with E-state index in [9.17, 15) is 0 Å². The molecule has 142 valence electrons. The van der Waals surface area contributed by atoms with Gasteiger partial charge in [0, 0.05) is 11.5 Å². The van der Waals surface area contributed by atoms with E-state index in [0.717, 1.165) is 20.4 Å². The van der Waals surface area contributed by atoms with Crippen LogP contribution in [0.25, 0.3) is 10.9 Å². The number of nitrogens with one attached hydrogen (secondary N) is 1. The molecule has 0 radical (unpaired) electrons. The Morgan fingerprint density at radius 3 is 1.96 bits per heavy atom. The molecule has 0 amide bonds. The predicted molar refractivity (Wildman–Crippen MR) is 127 cm³/mol. The van der Waals surface area contributed by atoms with Crippen LogP contribution in [-0.4, -0.2) is 18.5 Å². The molecule has 1 heterocycles. The summed E-state index contributed by atoms with van der Waals surface area (Å²) >= 11 is 2.25. The number of halogens is 1. The zero-order valence-electron chi connectivity index (χ0n) is 16.2. The molecule has 0 saturated carbocycles.